The topological polar surface area (TPSA) is 19.9 Å². The van der Waals surface area contributed by atoms with Crippen LogP contribution in [0.5, 0.6) is 0 Å². The predicted molar refractivity (Wildman–Crippen MR) is 52.3 cm³/mol. The van der Waals surface area contributed by atoms with Crippen LogP contribution in [-0.4, -0.2) is 0 Å². The minimum absolute atomic E-state index is 0.131. The molecular formula is C12H7O. The molecular weight excluding hydrogens is 160 g/mol. The van der Waals surface area contributed by atoms with E-state index in [0.29, 0.717) is 0 Å². The van der Waals surface area contributed by atoms with Gasteiger partial charge in [0.1, 0.15) is 0 Å². The summed E-state index contributed by atoms with van der Waals surface area (Å²) in [5.74, 6) is 0.131. The third kappa shape index (κ3) is 0.760. The van der Waals surface area contributed by atoms with E-state index in [0.717, 1.165) is 21.6 Å². The Morgan fingerprint density at radius 1 is 0.923 bits per heavy atom. The fourth-order valence-electron chi connectivity index (χ4n) is 1.89. The average molecular weight is 167 g/mol. The summed E-state index contributed by atoms with van der Waals surface area (Å²) < 4.78 is 0. The lowest BCUT2D eigenvalue weighted by Crippen LogP contribution is -2.28. The van der Waals surface area contributed by atoms with Crippen LogP contribution in [0.15, 0.2) is 24.3 Å². The van der Waals surface area contributed by atoms with Gasteiger partial charge in [-0.2, -0.15) is 0 Å². The van der Waals surface area contributed by atoms with Crippen molar-refractivity contribution < 1.29 is 5.11 Å². The van der Waals surface area contributed by atoms with Crippen LogP contribution in [0.25, 0.3) is 24.0 Å². The number of allylic oxidation sites excluding steroid dienone is 1. The molecule has 13 heavy (non-hydrogen) atoms. The molecule has 1 aromatic carbocycles. The molecule has 0 aromatic heterocycles. The Hall–Kier alpha value is -1.76. The van der Waals surface area contributed by atoms with Crippen molar-refractivity contribution in [1.29, 1.82) is 0 Å². The van der Waals surface area contributed by atoms with E-state index in [1.807, 2.05) is 30.4 Å². The molecule has 1 nitrogen and oxygen atoms in total. The molecule has 1 heteroatoms. The standard InChI is InChI=1S/C12H7O/c13-11-7-6-9-5-4-8-2-1-3-10(8)12(9)11/h1-7H. The molecule has 2 aliphatic rings. The van der Waals surface area contributed by atoms with Gasteiger partial charge in [-0.1, -0.05) is 36.4 Å². The maximum atomic E-state index is 11.5. The van der Waals surface area contributed by atoms with Crippen molar-refractivity contribution >= 4 is 24.0 Å². The van der Waals surface area contributed by atoms with Crippen molar-refractivity contribution in [3.05, 3.63) is 45.8 Å². The molecule has 0 saturated carbocycles. The maximum absolute atomic E-state index is 11.5. The number of benzene rings is 1. The highest BCUT2D eigenvalue weighted by atomic mass is 16.3. The zero-order valence-electron chi connectivity index (χ0n) is 6.95. The van der Waals surface area contributed by atoms with Gasteiger partial charge < -0.3 is 0 Å². The third-order valence-electron chi connectivity index (χ3n) is 2.51. The van der Waals surface area contributed by atoms with E-state index in [1.165, 1.54) is 0 Å². The summed E-state index contributed by atoms with van der Waals surface area (Å²) in [5, 5.41) is 13.4. The second kappa shape index (κ2) is 2.13. The Morgan fingerprint density at radius 3 is 2.69 bits per heavy atom. The predicted octanol–water partition coefficient (Wildman–Crippen LogP) is 1.06. The lowest BCUT2D eigenvalue weighted by Gasteiger charge is -1.95. The number of rotatable bonds is 0. The Kier molecular flexibility index (Phi) is 1.10. The Morgan fingerprint density at radius 2 is 1.77 bits per heavy atom. The van der Waals surface area contributed by atoms with E-state index in [4.69, 9.17) is 0 Å². The first kappa shape index (κ1) is 6.72. The molecule has 0 aliphatic heterocycles. The highest BCUT2D eigenvalue weighted by molar-refractivity contribution is 5.76. The maximum Gasteiger partial charge on any atom is 0.187 e. The Balaban J connectivity index is 2.61. The highest BCUT2D eigenvalue weighted by Gasteiger charge is 2.09. The van der Waals surface area contributed by atoms with E-state index < -0.39 is 0 Å². The Bertz CT molecular complexity index is 560. The number of hydrogen-bond acceptors (Lipinski definition) is 0. The summed E-state index contributed by atoms with van der Waals surface area (Å²) in [4.78, 5) is 0. The zero-order valence-corrected chi connectivity index (χ0v) is 6.95. The molecule has 3 rings (SSSR count). The molecule has 0 amide bonds. The van der Waals surface area contributed by atoms with Gasteiger partial charge in [0.2, 0.25) is 0 Å². The summed E-state index contributed by atoms with van der Waals surface area (Å²) in [5.41, 5.74) is 2.19. The molecule has 61 valence electrons. The van der Waals surface area contributed by atoms with E-state index in [-0.39, 0.29) is 5.76 Å². The normalized spacial score (nSPS) is 15.8. The van der Waals surface area contributed by atoms with Gasteiger partial charge in [0.25, 0.3) is 0 Å². The fraction of sp³-hybridized carbons (Fsp3) is 0. The first-order valence-corrected chi connectivity index (χ1v) is 4.27. The van der Waals surface area contributed by atoms with Gasteiger partial charge in [0.05, 0.1) is 0 Å². The molecule has 0 fully saturated rings. The molecule has 0 atom stereocenters. The molecule has 0 spiro atoms. The van der Waals surface area contributed by atoms with Crippen molar-refractivity contribution in [3.63, 3.8) is 0 Å². The molecule has 0 saturated heterocycles. The van der Waals surface area contributed by atoms with Crippen LogP contribution in [-0.2, 0) is 5.11 Å². The smallest absolute Gasteiger partial charge is 0.187 e. The summed E-state index contributed by atoms with van der Waals surface area (Å²) in [6.45, 7) is 0. The Labute approximate surface area is 75.6 Å². The van der Waals surface area contributed by atoms with Crippen LogP contribution in [0.4, 0.5) is 0 Å². The third-order valence-corrected chi connectivity index (χ3v) is 2.51. The van der Waals surface area contributed by atoms with Crippen LogP contribution in [0.1, 0.15) is 11.1 Å². The van der Waals surface area contributed by atoms with Gasteiger partial charge in [-0.15, -0.1) is 0 Å². The molecule has 0 unspecified atom stereocenters. The van der Waals surface area contributed by atoms with Crippen molar-refractivity contribution in [2.75, 3.05) is 0 Å². The SMILES string of the molecule is [O]C1=c2c(ccc3c2=CC=C3)C=C1. The molecule has 2 aliphatic carbocycles. The van der Waals surface area contributed by atoms with Gasteiger partial charge in [-0.25, -0.2) is 0 Å². The number of hydrogen-bond donors (Lipinski definition) is 0. The van der Waals surface area contributed by atoms with Crippen LogP contribution < -0.4 is 10.4 Å². The van der Waals surface area contributed by atoms with Gasteiger partial charge in [0.15, 0.2) is 5.76 Å². The lowest BCUT2D eigenvalue weighted by atomic mass is 10.1. The zero-order chi connectivity index (χ0) is 8.84. The fourth-order valence-corrected chi connectivity index (χ4v) is 1.89. The second-order valence-electron chi connectivity index (χ2n) is 3.26. The highest BCUT2D eigenvalue weighted by Crippen LogP contribution is 2.09. The summed E-state index contributed by atoms with van der Waals surface area (Å²) in [7, 11) is 0. The minimum Gasteiger partial charge on any atom is -0.289 e. The van der Waals surface area contributed by atoms with Crippen LogP contribution in [0, 0.1) is 0 Å². The summed E-state index contributed by atoms with van der Waals surface area (Å²) in [6, 6.07) is 4.05. The van der Waals surface area contributed by atoms with Crippen LogP contribution in [0.3, 0.4) is 0 Å². The van der Waals surface area contributed by atoms with E-state index in [2.05, 4.69) is 6.07 Å². The van der Waals surface area contributed by atoms with Gasteiger partial charge >= 0.3 is 0 Å². The summed E-state index contributed by atoms with van der Waals surface area (Å²) in [6.07, 6.45) is 9.53. The van der Waals surface area contributed by atoms with Crippen molar-refractivity contribution in [2.45, 2.75) is 0 Å². The van der Waals surface area contributed by atoms with Crippen LogP contribution in [0.2, 0.25) is 0 Å². The molecule has 1 radical (unpaired) electrons. The van der Waals surface area contributed by atoms with Gasteiger partial charge in [-0.05, 0) is 22.4 Å². The van der Waals surface area contributed by atoms with Crippen molar-refractivity contribution in [1.82, 2.24) is 0 Å². The minimum atomic E-state index is 0.131. The largest absolute Gasteiger partial charge is 0.289 e. The van der Waals surface area contributed by atoms with Gasteiger partial charge in [0, 0.05) is 5.22 Å². The van der Waals surface area contributed by atoms with Crippen LogP contribution >= 0.6 is 0 Å². The molecule has 0 heterocycles. The van der Waals surface area contributed by atoms with E-state index in [1.54, 1.807) is 6.08 Å². The average Bonchev–Trinajstić information content (AvgIpc) is 2.70. The molecule has 0 bridgehead atoms. The van der Waals surface area contributed by atoms with Crippen molar-refractivity contribution in [2.24, 2.45) is 0 Å². The van der Waals surface area contributed by atoms with Crippen molar-refractivity contribution in [3.8, 4) is 0 Å². The lowest BCUT2D eigenvalue weighted by molar-refractivity contribution is 0.390. The molecule has 1 aromatic rings. The van der Waals surface area contributed by atoms with Gasteiger partial charge in [-0.3, -0.25) is 5.11 Å². The number of fused-ring (bicyclic) bond motifs is 3. The summed E-state index contributed by atoms with van der Waals surface area (Å²) >= 11 is 0. The monoisotopic (exact) mass is 167 g/mol. The van der Waals surface area contributed by atoms with E-state index >= 15 is 0 Å². The first-order chi connectivity index (χ1) is 6.36. The quantitative estimate of drug-likeness (QED) is 0.550. The van der Waals surface area contributed by atoms with E-state index in [9.17, 15) is 5.11 Å². The second-order valence-corrected chi connectivity index (χ2v) is 3.26. The first-order valence-electron chi connectivity index (χ1n) is 4.27. The molecule has 0 N–H and O–H groups in total.